The number of aromatic nitrogens is 1. The number of furan rings is 1. The summed E-state index contributed by atoms with van der Waals surface area (Å²) >= 11 is 6.06. The van der Waals surface area contributed by atoms with Gasteiger partial charge in [0.25, 0.3) is 5.91 Å². The highest BCUT2D eigenvalue weighted by molar-refractivity contribution is 6.31. The van der Waals surface area contributed by atoms with E-state index in [9.17, 15) is 4.79 Å². The number of carbonyl (C=O) groups is 1. The molecule has 7 nitrogen and oxygen atoms in total. The van der Waals surface area contributed by atoms with Crippen molar-refractivity contribution in [1.29, 1.82) is 0 Å². The van der Waals surface area contributed by atoms with Gasteiger partial charge in [0, 0.05) is 36.6 Å². The minimum Gasteiger partial charge on any atom is -0.486 e. The van der Waals surface area contributed by atoms with Crippen LogP contribution in [-0.4, -0.2) is 46.9 Å². The molecule has 34 heavy (non-hydrogen) atoms. The van der Waals surface area contributed by atoms with Gasteiger partial charge >= 0.3 is 0 Å². The van der Waals surface area contributed by atoms with Crippen LogP contribution in [0.4, 0.5) is 0 Å². The molecule has 0 saturated carbocycles. The molecule has 8 heteroatoms. The molecule has 1 saturated heterocycles. The van der Waals surface area contributed by atoms with E-state index in [4.69, 9.17) is 25.2 Å². The molecular formula is C26H32ClN3O4. The molecule has 0 aliphatic carbocycles. The third-order valence-corrected chi connectivity index (χ3v) is 6.33. The van der Waals surface area contributed by atoms with Crippen molar-refractivity contribution in [2.24, 2.45) is 0 Å². The average molecular weight is 486 g/mol. The summed E-state index contributed by atoms with van der Waals surface area (Å²) in [6.07, 6.45) is 2.69. The Bertz CT molecular complexity index is 1130. The van der Waals surface area contributed by atoms with Crippen molar-refractivity contribution in [1.82, 2.24) is 14.8 Å². The number of halogens is 1. The normalized spacial score (nSPS) is 15.4. The largest absolute Gasteiger partial charge is 0.486 e. The highest BCUT2D eigenvalue weighted by Gasteiger charge is 2.24. The number of benzene rings is 1. The molecular weight excluding hydrogens is 454 g/mol. The number of amides is 1. The zero-order chi connectivity index (χ0) is 24.3. The topological polar surface area (TPSA) is 72.0 Å². The monoisotopic (exact) mass is 485 g/mol. The molecule has 0 radical (unpaired) electrons. The lowest BCUT2D eigenvalue weighted by atomic mass is 9.94. The molecule has 1 aliphatic heterocycles. The van der Waals surface area contributed by atoms with E-state index in [1.54, 1.807) is 18.2 Å². The van der Waals surface area contributed by atoms with Gasteiger partial charge in [0.05, 0.1) is 12.7 Å². The summed E-state index contributed by atoms with van der Waals surface area (Å²) in [5, 5.41) is 0.698. The van der Waals surface area contributed by atoms with Crippen LogP contribution in [0, 0.1) is 6.92 Å². The zero-order valence-corrected chi connectivity index (χ0v) is 21.0. The van der Waals surface area contributed by atoms with Crippen molar-refractivity contribution in [2.75, 3.05) is 26.2 Å². The highest BCUT2D eigenvalue weighted by atomic mass is 35.5. The number of hydrogen-bond donors (Lipinski definition) is 0. The zero-order valence-electron chi connectivity index (χ0n) is 20.3. The predicted molar refractivity (Wildman–Crippen MR) is 130 cm³/mol. The van der Waals surface area contributed by atoms with Gasteiger partial charge in [0.15, 0.2) is 5.76 Å². The second-order valence-corrected chi connectivity index (χ2v) is 10.2. The Hall–Kier alpha value is -2.77. The quantitative estimate of drug-likeness (QED) is 0.462. The Balaban J connectivity index is 1.30. The van der Waals surface area contributed by atoms with Crippen LogP contribution in [0.2, 0.25) is 5.02 Å². The van der Waals surface area contributed by atoms with Crippen molar-refractivity contribution in [3.8, 4) is 5.75 Å². The molecule has 0 spiro atoms. The van der Waals surface area contributed by atoms with Crippen LogP contribution >= 0.6 is 11.6 Å². The number of nitrogens with zero attached hydrogens (tertiary/aromatic N) is 3. The van der Waals surface area contributed by atoms with Gasteiger partial charge in [0.1, 0.15) is 23.9 Å². The van der Waals surface area contributed by atoms with Gasteiger partial charge in [-0.1, -0.05) is 32.4 Å². The van der Waals surface area contributed by atoms with Crippen LogP contribution in [0.1, 0.15) is 60.7 Å². The lowest BCUT2D eigenvalue weighted by Crippen LogP contribution is -2.35. The molecule has 3 heterocycles. The summed E-state index contributed by atoms with van der Waals surface area (Å²) in [4.78, 5) is 21.6. The van der Waals surface area contributed by atoms with E-state index in [0.29, 0.717) is 41.9 Å². The Morgan fingerprint density at radius 2 is 1.94 bits per heavy atom. The fourth-order valence-electron chi connectivity index (χ4n) is 3.84. The molecule has 182 valence electrons. The van der Waals surface area contributed by atoms with Crippen molar-refractivity contribution in [2.45, 2.75) is 52.7 Å². The Morgan fingerprint density at radius 3 is 2.68 bits per heavy atom. The fraction of sp³-hybridized carbons (Fsp3) is 0.462. The van der Waals surface area contributed by atoms with E-state index in [0.717, 1.165) is 36.7 Å². The average Bonchev–Trinajstić information content (AvgIpc) is 3.40. The Labute approximate surface area is 205 Å². The Kier molecular flexibility index (Phi) is 7.33. The van der Waals surface area contributed by atoms with E-state index in [1.807, 2.05) is 30.2 Å². The van der Waals surface area contributed by atoms with Crippen LogP contribution in [-0.2, 0) is 18.6 Å². The summed E-state index contributed by atoms with van der Waals surface area (Å²) in [6, 6.07) is 9.00. The molecule has 4 rings (SSSR count). The van der Waals surface area contributed by atoms with E-state index in [1.165, 1.54) is 0 Å². The van der Waals surface area contributed by atoms with Crippen LogP contribution in [0.5, 0.6) is 5.75 Å². The third kappa shape index (κ3) is 6.02. The molecule has 0 unspecified atom stereocenters. The number of oxazole rings is 1. The van der Waals surface area contributed by atoms with Gasteiger partial charge in [0.2, 0.25) is 5.89 Å². The van der Waals surface area contributed by atoms with Crippen LogP contribution < -0.4 is 4.74 Å². The van der Waals surface area contributed by atoms with E-state index >= 15 is 0 Å². The highest BCUT2D eigenvalue weighted by Crippen LogP contribution is 2.24. The number of hydrogen-bond acceptors (Lipinski definition) is 6. The first kappa shape index (κ1) is 24.4. The summed E-state index contributed by atoms with van der Waals surface area (Å²) < 4.78 is 17.5. The maximum Gasteiger partial charge on any atom is 0.289 e. The molecule has 1 amide bonds. The smallest absolute Gasteiger partial charge is 0.289 e. The van der Waals surface area contributed by atoms with Crippen molar-refractivity contribution in [3.63, 3.8) is 0 Å². The summed E-state index contributed by atoms with van der Waals surface area (Å²) in [7, 11) is 0. The van der Waals surface area contributed by atoms with Gasteiger partial charge in [-0.3, -0.25) is 9.69 Å². The molecule has 3 aromatic rings. The van der Waals surface area contributed by atoms with Crippen molar-refractivity contribution in [3.05, 3.63) is 70.3 Å². The maximum absolute atomic E-state index is 13.0. The first-order valence-electron chi connectivity index (χ1n) is 11.6. The van der Waals surface area contributed by atoms with Crippen LogP contribution in [0.15, 0.2) is 45.4 Å². The van der Waals surface area contributed by atoms with E-state index in [2.05, 4.69) is 30.7 Å². The van der Waals surface area contributed by atoms with Gasteiger partial charge in [-0.15, -0.1) is 0 Å². The molecule has 1 fully saturated rings. The lowest BCUT2D eigenvalue weighted by Gasteiger charge is -2.20. The van der Waals surface area contributed by atoms with Gasteiger partial charge in [-0.2, -0.15) is 0 Å². The Morgan fingerprint density at radius 1 is 1.12 bits per heavy atom. The fourth-order valence-corrected chi connectivity index (χ4v) is 3.96. The third-order valence-electron chi connectivity index (χ3n) is 5.91. The van der Waals surface area contributed by atoms with E-state index in [-0.39, 0.29) is 17.9 Å². The SMILES string of the molecule is Cc1cc(OCc2ccc(C(=O)N3CCCN(Cc4ncc(C(C)(C)C)o4)CC3)o2)ccc1Cl. The molecule has 0 bridgehead atoms. The summed E-state index contributed by atoms with van der Waals surface area (Å²) in [5.74, 6) is 3.16. The maximum atomic E-state index is 13.0. The minimum absolute atomic E-state index is 0.0616. The number of carbonyl (C=O) groups excluding carboxylic acids is 1. The van der Waals surface area contributed by atoms with Crippen LogP contribution in [0.3, 0.4) is 0 Å². The standard InChI is InChI=1S/C26H32ClN3O4/c1-18-14-19(6-8-21(18)27)32-17-20-7-9-22(33-20)25(31)30-11-5-10-29(12-13-30)16-24-28-15-23(34-24)26(2,3)4/h6-9,14-15H,5,10-13,16-17H2,1-4H3. The van der Waals surface area contributed by atoms with Crippen molar-refractivity contribution < 1.29 is 18.4 Å². The van der Waals surface area contributed by atoms with Gasteiger partial charge in [-0.25, -0.2) is 4.98 Å². The molecule has 2 aromatic heterocycles. The summed E-state index contributed by atoms with van der Waals surface area (Å²) in [5.41, 5.74) is 0.885. The van der Waals surface area contributed by atoms with E-state index < -0.39 is 0 Å². The second kappa shape index (κ2) is 10.2. The minimum atomic E-state index is -0.0958. The number of aryl methyl sites for hydroxylation is 1. The van der Waals surface area contributed by atoms with Gasteiger partial charge < -0.3 is 18.5 Å². The van der Waals surface area contributed by atoms with Crippen LogP contribution in [0.25, 0.3) is 0 Å². The number of ether oxygens (including phenoxy) is 1. The molecule has 1 aliphatic rings. The van der Waals surface area contributed by atoms with Gasteiger partial charge in [-0.05, 0) is 49.2 Å². The number of rotatable bonds is 6. The summed E-state index contributed by atoms with van der Waals surface area (Å²) in [6.45, 7) is 12.1. The molecule has 1 aromatic carbocycles. The van der Waals surface area contributed by atoms with Crippen molar-refractivity contribution >= 4 is 17.5 Å². The molecule has 0 N–H and O–H groups in total. The second-order valence-electron chi connectivity index (χ2n) is 9.76. The first-order valence-corrected chi connectivity index (χ1v) is 12.0. The predicted octanol–water partition coefficient (Wildman–Crippen LogP) is 5.45. The lowest BCUT2D eigenvalue weighted by molar-refractivity contribution is 0.0724. The first-order chi connectivity index (χ1) is 16.2. The molecule has 0 atom stereocenters.